The number of anilines is 1. The van der Waals surface area contributed by atoms with Gasteiger partial charge in [0.25, 0.3) is 5.56 Å². The van der Waals surface area contributed by atoms with Crippen molar-refractivity contribution in [2.24, 2.45) is 0 Å². The minimum Gasteiger partial charge on any atom is -0.493 e. The van der Waals surface area contributed by atoms with E-state index in [-0.39, 0.29) is 30.2 Å². The number of nitrogens with one attached hydrogen (secondary N) is 1. The fourth-order valence-corrected chi connectivity index (χ4v) is 3.24. The van der Waals surface area contributed by atoms with Crippen molar-refractivity contribution in [3.8, 4) is 17.2 Å². The summed E-state index contributed by atoms with van der Waals surface area (Å²) in [4.78, 5) is 29.4. The molecule has 0 unspecified atom stereocenters. The third-order valence-electron chi connectivity index (χ3n) is 4.91. The maximum atomic E-state index is 12.8. The average Bonchev–Trinajstić information content (AvgIpc) is 2.77. The standard InChI is InChI=1S/C22H23F2N3O5/c1-13-15(6-4-7-17(13)32-22(23)24)26-20(28)8-5-9-27-12-25-16-11-19(31-3)18(30-2)10-14(16)21(27)29/h4,6-7,10-12,22H,5,8-9H2,1-3H3,(H,26,28). The van der Waals surface area contributed by atoms with E-state index in [2.05, 4.69) is 15.0 Å². The number of carbonyl (C=O) groups is 1. The fraction of sp³-hybridized carbons (Fsp3) is 0.318. The Hall–Kier alpha value is -3.69. The maximum absolute atomic E-state index is 12.8. The average molecular weight is 447 g/mol. The van der Waals surface area contributed by atoms with E-state index in [9.17, 15) is 18.4 Å². The zero-order valence-corrected chi connectivity index (χ0v) is 17.9. The minimum absolute atomic E-state index is 0.00125. The molecule has 0 radical (unpaired) electrons. The number of ether oxygens (including phenoxy) is 3. The van der Waals surface area contributed by atoms with Gasteiger partial charge in [-0.25, -0.2) is 4.98 Å². The molecule has 0 saturated heterocycles. The number of benzene rings is 2. The highest BCUT2D eigenvalue weighted by Crippen LogP contribution is 2.30. The van der Waals surface area contributed by atoms with Crippen LogP contribution in [0.15, 0.2) is 41.5 Å². The lowest BCUT2D eigenvalue weighted by Crippen LogP contribution is -2.22. The third-order valence-corrected chi connectivity index (χ3v) is 4.91. The van der Waals surface area contributed by atoms with Crippen LogP contribution in [-0.2, 0) is 11.3 Å². The first-order chi connectivity index (χ1) is 15.3. The van der Waals surface area contributed by atoms with Crippen molar-refractivity contribution in [2.75, 3.05) is 19.5 Å². The number of alkyl halides is 2. The van der Waals surface area contributed by atoms with Gasteiger partial charge in [-0.2, -0.15) is 8.78 Å². The van der Waals surface area contributed by atoms with Crippen LogP contribution >= 0.6 is 0 Å². The Morgan fingerprint density at radius 1 is 1.16 bits per heavy atom. The topological polar surface area (TPSA) is 91.7 Å². The SMILES string of the molecule is COc1cc2ncn(CCCC(=O)Nc3cccc(OC(F)F)c3C)c(=O)c2cc1OC. The Balaban J connectivity index is 1.66. The van der Waals surface area contributed by atoms with E-state index in [0.29, 0.717) is 40.1 Å². The summed E-state index contributed by atoms with van der Waals surface area (Å²) in [6, 6.07) is 7.72. The number of carbonyl (C=O) groups excluding carboxylic acids is 1. The Labute approximate surface area is 182 Å². The molecule has 0 aliphatic carbocycles. The summed E-state index contributed by atoms with van der Waals surface area (Å²) in [6.45, 7) is -1.09. The van der Waals surface area contributed by atoms with Crippen LogP contribution in [0.4, 0.5) is 14.5 Å². The molecule has 8 nitrogen and oxygen atoms in total. The highest BCUT2D eigenvalue weighted by atomic mass is 19.3. The van der Waals surface area contributed by atoms with E-state index < -0.39 is 6.61 Å². The molecule has 3 aromatic rings. The van der Waals surface area contributed by atoms with Gasteiger partial charge in [0.05, 0.1) is 31.4 Å². The molecule has 3 rings (SSSR count). The van der Waals surface area contributed by atoms with Gasteiger partial charge in [-0.3, -0.25) is 14.2 Å². The van der Waals surface area contributed by atoms with E-state index in [1.807, 2.05) is 0 Å². The number of hydrogen-bond acceptors (Lipinski definition) is 6. The van der Waals surface area contributed by atoms with Crippen molar-refractivity contribution in [1.29, 1.82) is 0 Å². The highest BCUT2D eigenvalue weighted by molar-refractivity contribution is 5.91. The number of aromatic nitrogens is 2. The second-order valence-corrected chi connectivity index (χ2v) is 6.93. The normalized spacial score (nSPS) is 10.9. The van der Waals surface area contributed by atoms with Crippen molar-refractivity contribution in [3.63, 3.8) is 0 Å². The van der Waals surface area contributed by atoms with E-state index >= 15 is 0 Å². The minimum atomic E-state index is -2.95. The molecule has 2 aromatic carbocycles. The lowest BCUT2D eigenvalue weighted by Gasteiger charge is -2.13. The molecular weight excluding hydrogens is 424 g/mol. The van der Waals surface area contributed by atoms with E-state index in [4.69, 9.17) is 9.47 Å². The first-order valence-corrected chi connectivity index (χ1v) is 9.79. The first kappa shape index (κ1) is 23.0. The Kier molecular flexibility index (Phi) is 7.24. The quantitative estimate of drug-likeness (QED) is 0.537. The number of nitrogens with zero attached hydrogens (tertiary/aromatic N) is 2. The van der Waals surface area contributed by atoms with Gasteiger partial charge in [0.2, 0.25) is 5.91 Å². The molecule has 170 valence electrons. The number of amides is 1. The number of halogens is 2. The summed E-state index contributed by atoms with van der Waals surface area (Å²) >= 11 is 0. The summed E-state index contributed by atoms with van der Waals surface area (Å²) in [5, 5.41) is 3.06. The molecule has 0 spiro atoms. The van der Waals surface area contributed by atoms with E-state index in [1.54, 1.807) is 25.1 Å². The Bertz CT molecular complexity index is 1180. The molecule has 1 aromatic heterocycles. The van der Waals surface area contributed by atoms with Gasteiger partial charge in [0.15, 0.2) is 11.5 Å². The van der Waals surface area contributed by atoms with Crippen LogP contribution < -0.4 is 25.1 Å². The number of aryl methyl sites for hydroxylation is 1. The molecule has 0 saturated carbocycles. The Morgan fingerprint density at radius 2 is 1.88 bits per heavy atom. The van der Waals surface area contributed by atoms with Crippen LogP contribution in [0.1, 0.15) is 18.4 Å². The van der Waals surface area contributed by atoms with Crippen LogP contribution in [0.5, 0.6) is 17.2 Å². The molecule has 0 aliphatic rings. The lowest BCUT2D eigenvalue weighted by atomic mass is 10.1. The summed E-state index contributed by atoms with van der Waals surface area (Å²) in [5.41, 5.74) is 1.01. The maximum Gasteiger partial charge on any atom is 0.387 e. The monoisotopic (exact) mass is 447 g/mol. The van der Waals surface area contributed by atoms with Crippen LogP contribution in [0, 0.1) is 6.92 Å². The molecule has 0 atom stereocenters. The Morgan fingerprint density at radius 3 is 2.56 bits per heavy atom. The van der Waals surface area contributed by atoms with E-state index in [0.717, 1.165) is 0 Å². The summed E-state index contributed by atoms with van der Waals surface area (Å²) in [5.74, 6) is 0.582. The summed E-state index contributed by atoms with van der Waals surface area (Å²) < 4.78 is 41.3. The molecule has 10 heteroatoms. The molecule has 0 aliphatic heterocycles. The number of hydrogen-bond donors (Lipinski definition) is 1. The van der Waals surface area contributed by atoms with Crippen molar-refractivity contribution in [2.45, 2.75) is 32.9 Å². The predicted molar refractivity (Wildman–Crippen MR) is 115 cm³/mol. The molecular formula is C22H23F2N3O5. The summed E-state index contributed by atoms with van der Waals surface area (Å²) in [6.07, 6.45) is 1.91. The zero-order chi connectivity index (χ0) is 23.3. The number of methoxy groups -OCH3 is 2. The highest BCUT2D eigenvalue weighted by Gasteiger charge is 2.13. The summed E-state index contributed by atoms with van der Waals surface area (Å²) in [7, 11) is 2.98. The van der Waals surface area contributed by atoms with Gasteiger partial charge in [0, 0.05) is 30.3 Å². The predicted octanol–water partition coefficient (Wildman–Crippen LogP) is 3.74. The van der Waals surface area contributed by atoms with Crippen LogP contribution in [0.25, 0.3) is 10.9 Å². The number of fused-ring (bicyclic) bond motifs is 1. The second-order valence-electron chi connectivity index (χ2n) is 6.93. The van der Waals surface area contributed by atoms with Gasteiger partial charge in [0.1, 0.15) is 5.75 Å². The van der Waals surface area contributed by atoms with Crippen molar-refractivity contribution < 1.29 is 27.8 Å². The molecule has 0 fully saturated rings. The van der Waals surface area contributed by atoms with Gasteiger partial charge in [-0.05, 0) is 31.5 Å². The van der Waals surface area contributed by atoms with Gasteiger partial charge >= 0.3 is 6.61 Å². The zero-order valence-electron chi connectivity index (χ0n) is 17.9. The van der Waals surface area contributed by atoms with Crippen LogP contribution in [0.3, 0.4) is 0 Å². The van der Waals surface area contributed by atoms with Crippen molar-refractivity contribution in [3.05, 3.63) is 52.6 Å². The third kappa shape index (κ3) is 5.13. The fourth-order valence-electron chi connectivity index (χ4n) is 3.24. The van der Waals surface area contributed by atoms with Crippen molar-refractivity contribution >= 4 is 22.5 Å². The molecule has 32 heavy (non-hydrogen) atoms. The van der Waals surface area contributed by atoms with Gasteiger partial charge in [-0.15, -0.1) is 0 Å². The van der Waals surface area contributed by atoms with Crippen LogP contribution in [0.2, 0.25) is 0 Å². The van der Waals surface area contributed by atoms with Crippen molar-refractivity contribution in [1.82, 2.24) is 9.55 Å². The molecule has 1 heterocycles. The largest absolute Gasteiger partial charge is 0.493 e. The smallest absolute Gasteiger partial charge is 0.387 e. The van der Waals surface area contributed by atoms with Crippen LogP contribution in [-0.4, -0.2) is 36.3 Å². The number of rotatable bonds is 9. The molecule has 0 bridgehead atoms. The molecule has 1 amide bonds. The lowest BCUT2D eigenvalue weighted by molar-refractivity contribution is -0.116. The molecule has 1 N–H and O–H groups in total. The van der Waals surface area contributed by atoms with E-state index in [1.165, 1.54) is 37.2 Å². The second kappa shape index (κ2) is 10.1. The van der Waals surface area contributed by atoms with Gasteiger partial charge < -0.3 is 19.5 Å². The first-order valence-electron chi connectivity index (χ1n) is 9.79. The van der Waals surface area contributed by atoms with Gasteiger partial charge in [-0.1, -0.05) is 6.07 Å².